The molecule has 0 spiro atoms. The van der Waals surface area contributed by atoms with E-state index in [-0.39, 0.29) is 17.4 Å². The van der Waals surface area contributed by atoms with E-state index < -0.39 is 0 Å². The van der Waals surface area contributed by atoms with Gasteiger partial charge in [0.05, 0.1) is 5.92 Å². The molecule has 1 unspecified atom stereocenters. The SMILES string of the molecule is Cc1ccccc1C(C)C(=O)n1ccccc1=O. The largest absolute Gasteiger partial charge is 0.273 e. The Morgan fingerprint density at radius 3 is 2.44 bits per heavy atom. The fourth-order valence-corrected chi connectivity index (χ4v) is 2.02. The van der Waals surface area contributed by atoms with E-state index in [9.17, 15) is 9.59 Å². The van der Waals surface area contributed by atoms with E-state index in [1.54, 1.807) is 12.1 Å². The number of benzene rings is 1. The van der Waals surface area contributed by atoms with Crippen molar-refractivity contribution in [1.29, 1.82) is 0 Å². The highest BCUT2D eigenvalue weighted by Crippen LogP contribution is 2.20. The molecule has 3 heteroatoms. The Morgan fingerprint density at radius 2 is 1.78 bits per heavy atom. The molecule has 2 aromatic rings. The molecular formula is C15H15NO2. The third kappa shape index (κ3) is 2.25. The third-order valence-corrected chi connectivity index (χ3v) is 3.09. The summed E-state index contributed by atoms with van der Waals surface area (Å²) in [6, 6.07) is 12.4. The lowest BCUT2D eigenvalue weighted by Gasteiger charge is -2.14. The van der Waals surface area contributed by atoms with Gasteiger partial charge in [0.15, 0.2) is 0 Å². The van der Waals surface area contributed by atoms with Crippen LogP contribution in [0.5, 0.6) is 0 Å². The second-order valence-corrected chi connectivity index (χ2v) is 4.33. The third-order valence-electron chi connectivity index (χ3n) is 3.09. The Balaban J connectivity index is 2.39. The smallest absolute Gasteiger partial charge is 0.257 e. The summed E-state index contributed by atoms with van der Waals surface area (Å²) in [5.74, 6) is -0.527. The first-order valence-electron chi connectivity index (χ1n) is 5.88. The van der Waals surface area contributed by atoms with Gasteiger partial charge in [-0.15, -0.1) is 0 Å². The number of carbonyl (C=O) groups excluding carboxylic acids is 1. The van der Waals surface area contributed by atoms with E-state index in [4.69, 9.17) is 0 Å². The molecule has 3 nitrogen and oxygen atoms in total. The van der Waals surface area contributed by atoms with Crippen molar-refractivity contribution in [1.82, 2.24) is 4.57 Å². The first kappa shape index (κ1) is 12.3. The molecule has 0 aliphatic rings. The molecule has 1 heterocycles. The number of aromatic nitrogens is 1. The van der Waals surface area contributed by atoms with E-state index in [1.807, 2.05) is 38.1 Å². The van der Waals surface area contributed by atoms with Gasteiger partial charge in [-0.2, -0.15) is 0 Å². The Kier molecular flexibility index (Phi) is 3.42. The number of hydrogen-bond acceptors (Lipinski definition) is 2. The topological polar surface area (TPSA) is 39.1 Å². The molecule has 0 N–H and O–H groups in total. The van der Waals surface area contributed by atoms with Gasteiger partial charge in [-0.3, -0.25) is 14.2 Å². The Morgan fingerprint density at radius 1 is 1.11 bits per heavy atom. The highest BCUT2D eigenvalue weighted by Gasteiger charge is 2.18. The molecule has 1 aromatic heterocycles. The van der Waals surface area contributed by atoms with Crippen molar-refractivity contribution in [2.24, 2.45) is 0 Å². The van der Waals surface area contributed by atoms with E-state index in [1.165, 1.54) is 12.3 Å². The monoisotopic (exact) mass is 241 g/mol. The summed E-state index contributed by atoms with van der Waals surface area (Å²) in [5.41, 5.74) is 1.73. The maximum absolute atomic E-state index is 12.3. The summed E-state index contributed by atoms with van der Waals surface area (Å²) in [6.07, 6.45) is 1.51. The zero-order valence-corrected chi connectivity index (χ0v) is 10.5. The molecule has 0 saturated carbocycles. The van der Waals surface area contributed by atoms with Gasteiger partial charge < -0.3 is 0 Å². The van der Waals surface area contributed by atoms with Gasteiger partial charge in [0.2, 0.25) is 5.91 Å². The van der Waals surface area contributed by atoms with Crippen molar-refractivity contribution in [2.45, 2.75) is 19.8 Å². The average molecular weight is 241 g/mol. The number of pyridine rings is 1. The number of hydrogen-bond donors (Lipinski definition) is 0. The van der Waals surface area contributed by atoms with Crippen LogP contribution in [0.25, 0.3) is 0 Å². The predicted octanol–water partition coefficient (Wildman–Crippen LogP) is 2.60. The van der Waals surface area contributed by atoms with Gasteiger partial charge in [0, 0.05) is 12.3 Å². The minimum atomic E-state index is -0.328. The van der Waals surface area contributed by atoms with Crippen molar-refractivity contribution in [3.63, 3.8) is 0 Å². The first-order valence-corrected chi connectivity index (χ1v) is 5.88. The van der Waals surface area contributed by atoms with Crippen LogP contribution in [-0.4, -0.2) is 10.5 Å². The van der Waals surface area contributed by atoms with Crippen LogP contribution in [0.1, 0.15) is 28.8 Å². The number of aryl methyl sites for hydroxylation is 1. The zero-order valence-electron chi connectivity index (χ0n) is 10.5. The van der Waals surface area contributed by atoms with Crippen LogP contribution in [-0.2, 0) is 0 Å². The maximum Gasteiger partial charge on any atom is 0.257 e. The molecular weight excluding hydrogens is 226 g/mol. The fourth-order valence-electron chi connectivity index (χ4n) is 2.02. The van der Waals surface area contributed by atoms with E-state index in [0.717, 1.165) is 15.7 Å². The molecule has 0 saturated heterocycles. The Labute approximate surface area is 106 Å². The van der Waals surface area contributed by atoms with E-state index >= 15 is 0 Å². The number of nitrogens with zero attached hydrogens (tertiary/aromatic N) is 1. The summed E-state index contributed by atoms with van der Waals surface area (Å²) in [5, 5.41) is 0. The minimum absolute atomic E-state index is 0.199. The summed E-state index contributed by atoms with van der Waals surface area (Å²) < 4.78 is 1.16. The van der Waals surface area contributed by atoms with Crippen LogP contribution in [0, 0.1) is 6.92 Å². The quantitative estimate of drug-likeness (QED) is 0.810. The number of carbonyl (C=O) groups is 1. The van der Waals surface area contributed by atoms with Crippen LogP contribution in [0.4, 0.5) is 0 Å². The van der Waals surface area contributed by atoms with Crippen molar-refractivity contribution in [3.05, 3.63) is 70.1 Å². The van der Waals surface area contributed by atoms with Gasteiger partial charge >= 0.3 is 0 Å². The second-order valence-electron chi connectivity index (χ2n) is 4.33. The van der Waals surface area contributed by atoms with E-state index in [0.29, 0.717) is 0 Å². The summed E-state index contributed by atoms with van der Waals surface area (Å²) in [7, 11) is 0. The summed E-state index contributed by atoms with van der Waals surface area (Å²) in [4.78, 5) is 23.9. The van der Waals surface area contributed by atoms with Crippen LogP contribution in [0.3, 0.4) is 0 Å². The molecule has 0 aliphatic heterocycles. The highest BCUT2D eigenvalue weighted by atomic mass is 16.2. The average Bonchev–Trinajstić information content (AvgIpc) is 2.38. The van der Waals surface area contributed by atoms with Gasteiger partial charge in [0.1, 0.15) is 0 Å². The number of rotatable bonds is 2. The molecule has 2 rings (SSSR count). The molecule has 18 heavy (non-hydrogen) atoms. The molecule has 0 bridgehead atoms. The van der Waals surface area contributed by atoms with Crippen LogP contribution >= 0.6 is 0 Å². The molecule has 0 radical (unpaired) electrons. The van der Waals surface area contributed by atoms with E-state index in [2.05, 4.69) is 0 Å². The lowest BCUT2D eigenvalue weighted by atomic mass is 9.96. The second kappa shape index (κ2) is 5.00. The predicted molar refractivity (Wildman–Crippen MR) is 70.9 cm³/mol. The van der Waals surface area contributed by atoms with Gasteiger partial charge in [0.25, 0.3) is 5.56 Å². The van der Waals surface area contributed by atoms with Gasteiger partial charge in [-0.1, -0.05) is 30.3 Å². The lowest BCUT2D eigenvalue weighted by molar-refractivity contribution is 0.0879. The molecule has 0 aliphatic carbocycles. The van der Waals surface area contributed by atoms with Crippen LogP contribution < -0.4 is 5.56 Å². The summed E-state index contributed by atoms with van der Waals surface area (Å²) in [6.45, 7) is 3.79. The van der Waals surface area contributed by atoms with Crippen LogP contribution in [0.15, 0.2) is 53.5 Å². The molecule has 1 atom stereocenters. The van der Waals surface area contributed by atoms with Crippen molar-refractivity contribution in [2.75, 3.05) is 0 Å². The first-order chi connectivity index (χ1) is 8.61. The van der Waals surface area contributed by atoms with Crippen molar-refractivity contribution < 1.29 is 4.79 Å². The van der Waals surface area contributed by atoms with Gasteiger partial charge in [-0.25, -0.2) is 0 Å². The Hall–Kier alpha value is -2.16. The standard InChI is InChI=1S/C15H15NO2/c1-11-7-3-4-8-13(11)12(2)15(18)16-10-6-5-9-14(16)17/h3-10,12H,1-2H3. The van der Waals surface area contributed by atoms with Gasteiger partial charge in [-0.05, 0) is 31.0 Å². The maximum atomic E-state index is 12.3. The normalized spacial score (nSPS) is 12.1. The molecule has 0 amide bonds. The molecule has 1 aromatic carbocycles. The zero-order chi connectivity index (χ0) is 13.1. The summed E-state index contributed by atoms with van der Waals surface area (Å²) >= 11 is 0. The highest BCUT2D eigenvalue weighted by molar-refractivity contribution is 5.85. The van der Waals surface area contributed by atoms with Crippen molar-refractivity contribution >= 4 is 5.91 Å². The fraction of sp³-hybridized carbons (Fsp3) is 0.200. The van der Waals surface area contributed by atoms with Crippen molar-refractivity contribution in [3.8, 4) is 0 Å². The Bertz CT molecular complexity index is 628. The minimum Gasteiger partial charge on any atom is -0.273 e. The molecule has 92 valence electrons. The lowest BCUT2D eigenvalue weighted by Crippen LogP contribution is -2.28. The molecule has 0 fully saturated rings. The van der Waals surface area contributed by atoms with Crippen LogP contribution in [0.2, 0.25) is 0 Å².